The summed E-state index contributed by atoms with van der Waals surface area (Å²) in [4.78, 5) is 0. The molecule has 0 radical (unpaired) electrons. The quantitative estimate of drug-likeness (QED) is 0.904. The Morgan fingerprint density at radius 3 is 2.67 bits per heavy atom. The van der Waals surface area contributed by atoms with Crippen molar-refractivity contribution in [3.05, 3.63) is 16.5 Å². The first-order valence-corrected chi connectivity index (χ1v) is 8.05. The van der Waals surface area contributed by atoms with Crippen LogP contribution in [0.3, 0.4) is 0 Å². The van der Waals surface area contributed by atoms with Gasteiger partial charge < -0.3 is 5.32 Å². The summed E-state index contributed by atoms with van der Waals surface area (Å²) < 4.78 is 27.2. The van der Waals surface area contributed by atoms with Crippen molar-refractivity contribution in [1.29, 1.82) is 0 Å². The summed E-state index contributed by atoms with van der Waals surface area (Å²) in [7, 11) is -3.40. The van der Waals surface area contributed by atoms with Crippen molar-refractivity contribution in [2.24, 2.45) is 0 Å². The van der Waals surface area contributed by atoms with E-state index in [2.05, 4.69) is 5.32 Å². The first-order valence-electron chi connectivity index (χ1n) is 5.42. The molecule has 1 aromatic rings. The van der Waals surface area contributed by atoms with Crippen LogP contribution in [0.15, 0.2) is 16.3 Å². The predicted octanol–water partition coefficient (Wildman–Crippen LogP) is 2.19. The number of thiophene rings is 1. The van der Waals surface area contributed by atoms with Crippen molar-refractivity contribution in [3.63, 3.8) is 0 Å². The van der Waals surface area contributed by atoms with Crippen LogP contribution < -0.4 is 5.32 Å². The second-order valence-corrected chi connectivity index (χ2v) is 8.12. The molecule has 1 aliphatic heterocycles. The highest BCUT2D eigenvalue weighted by Gasteiger charge is 2.34. The zero-order valence-corrected chi connectivity index (χ0v) is 13.3. The van der Waals surface area contributed by atoms with Gasteiger partial charge in [-0.05, 0) is 26.0 Å². The summed E-state index contributed by atoms with van der Waals surface area (Å²) in [5.41, 5.74) is 0. The number of rotatable bonds is 2. The van der Waals surface area contributed by atoms with Gasteiger partial charge >= 0.3 is 0 Å². The van der Waals surface area contributed by atoms with Crippen LogP contribution in [0.5, 0.6) is 0 Å². The summed E-state index contributed by atoms with van der Waals surface area (Å²) >= 11 is 6.90. The standard InChI is InChI=1S/C10H15ClN2O2S2.ClH/c1-7-6-13(8(2)5-12-7)17(14,15)10-4-3-9(11)16-10;/h3-4,7-8,12H,5-6H2,1-2H3;1H. The van der Waals surface area contributed by atoms with Crippen LogP contribution in [-0.4, -0.2) is 37.9 Å². The third-order valence-corrected chi connectivity index (χ3v) is 6.50. The summed E-state index contributed by atoms with van der Waals surface area (Å²) in [5, 5.41) is 3.26. The maximum Gasteiger partial charge on any atom is 0.252 e. The van der Waals surface area contributed by atoms with Gasteiger partial charge in [0.05, 0.1) is 4.34 Å². The van der Waals surface area contributed by atoms with E-state index in [9.17, 15) is 8.42 Å². The fourth-order valence-electron chi connectivity index (χ4n) is 1.87. The topological polar surface area (TPSA) is 49.4 Å². The number of hydrogen-bond donors (Lipinski definition) is 1. The highest BCUT2D eigenvalue weighted by Crippen LogP contribution is 2.29. The van der Waals surface area contributed by atoms with Crippen molar-refractivity contribution in [1.82, 2.24) is 9.62 Å². The zero-order chi connectivity index (χ0) is 12.6. The minimum Gasteiger partial charge on any atom is -0.311 e. The van der Waals surface area contributed by atoms with Gasteiger partial charge in [-0.15, -0.1) is 23.7 Å². The van der Waals surface area contributed by atoms with Crippen LogP contribution in [0.4, 0.5) is 0 Å². The molecular weight excluding hydrogens is 315 g/mol. The first-order chi connectivity index (χ1) is 7.91. The van der Waals surface area contributed by atoms with E-state index >= 15 is 0 Å². The molecule has 2 rings (SSSR count). The third kappa shape index (κ3) is 3.18. The van der Waals surface area contributed by atoms with E-state index in [4.69, 9.17) is 11.6 Å². The lowest BCUT2D eigenvalue weighted by Gasteiger charge is -2.36. The van der Waals surface area contributed by atoms with Gasteiger partial charge in [0.15, 0.2) is 0 Å². The highest BCUT2D eigenvalue weighted by atomic mass is 35.5. The van der Waals surface area contributed by atoms with Gasteiger partial charge in [0, 0.05) is 25.2 Å². The van der Waals surface area contributed by atoms with E-state index in [0.29, 0.717) is 21.6 Å². The van der Waals surface area contributed by atoms with Crippen molar-refractivity contribution < 1.29 is 8.42 Å². The van der Waals surface area contributed by atoms with Gasteiger partial charge in [0.1, 0.15) is 4.21 Å². The molecule has 1 fully saturated rings. The molecule has 0 bridgehead atoms. The van der Waals surface area contributed by atoms with Crippen molar-refractivity contribution in [2.75, 3.05) is 13.1 Å². The van der Waals surface area contributed by atoms with Crippen LogP contribution in [0.25, 0.3) is 0 Å². The number of nitrogens with one attached hydrogen (secondary N) is 1. The van der Waals surface area contributed by atoms with E-state index in [1.165, 1.54) is 0 Å². The summed E-state index contributed by atoms with van der Waals surface area (Å²) in [5.74, 6) is 0. The van der Waals surface area contributed by atoms with Gasteiger partial charge in [-0.2, -0.15) is 4.31 Å². The lowest BCUT2D eigenvalue weighted by molar-refractivity contribution is 0.245. The SMILES string of the molecule is CC1CN(S(=O)(=O)c2ccc(Cl)s2)C(C)CN1.Cl. The highest BCUT2D eigenvalue weighted by molar-refractivity contribution is 7.91. The average molecular weight is 331 g/mol. The average Bonchev–Trinajstić information content (AvgIpc) is 2.69. The second-order valence-electron chi connectivity index (χ2n) is 4.29. The van der Waals surface area contributed by atoms with E-state index in [1.807, 2.05) is 13.8 Å². The van der Waals surface area contributed by atoms with Gasteiger partial charge in [-0.25, -0.2) is 8.42 Å². The number of hydrogen-bond acceptors (Lipinski definition) is 4. The Balaban J connectivity index is 0.00000162. The molecule has 0 aromatic carbocycles. The summed E-state index contributed by atoms with van der Waals surface area (Å²) in [6.45, 7) is 5.07. The Kier molecular flexibility index (Phi) is 5.46. The Labute approximate surface area is 123 Å². The third-order valence-electron chi connectivity index (χ3n) is 2.82. The molecule has 4 nitrogen and oxygen atoms in total. The smallest absolute Gasteiger partial charge is 0.252 e. The summed E-state index contributed by atoms with van der Waals surface area (Å²) in [6.07, 6.45) is 0. The normalized spacial score (nSPS) is 25.7. The minimum atomic E-state index is -3.40. The van der Waals surface area contributed by atoms with Crippen LogP contribution in [0.1, 0.15) is 13.8 Å². The Hall–Kier alpha value is 0.150. The van der Waals surface area contributed by atoms with Crippen molar-refractivity contribution in [2.45, 2.75) is 30.1 Å². The van der Waals surface area contributed by atoms with Crippen LogP contribution in [0, 0.1) is 0 Å². The van der Waals surface area contributed by atoms with Crippen LogP contribution in [-0.2, 0) is 10.0 Å². The molecule has 0 aliphatic carbocycles. The molecule has 2 atom stereocenters. The molecule has 0 spiro atoms. The van der Waals surface area contributed by atoms with Crippen LogP contribution in [0.2, 0.25) is 4.34 Å². The number of piperazine rings is 1. The molecule has 2 heterocycles. The number of halogens is 2. The van der Waals surface area contributed by atoms with Crippen molar-refractivity contribution >= 4 is 45.4 Å². The molecule has 1 saturated heterocycles. The minimum absolute atomic E-state index is 0. The van der Waals surface area contributed by atoms with Gasteiger partial charge in [0.25, 0.3) is 10.0 Å². The lowest BCUT2D eigenvalue weighted by atomic mass is 10.2. The van der Waals surface area contributed by atoms with E-state index < -0.39 is 10.0 Å². The second kappa shape index (κ2) is 6.07. The van der Waals surface area contributed by atoms with E-state index in [1.54, 1.807) is 16.4 Å². The lowest BCUT2D eigenvalue weighted by Crippen LogP contribution is -2.55. The fraction of sp³-hybridized carbons (Fsp3) is 0.600. The zero-order valence-electron chi connectivity index (χ0n) is 10.1. The Morgan fingerprint density at radius 1 is 1.44 bits per heavy atom. The van der Waals surface area contributed by atoms with E-state index in [-0.39, 0.29) is 24.5 Å². The number of nitrogens with zero attached hydrogens (tertiary/aromatic N) is 1. The molecule has 1 N–H and O–H groups in total. The van der Waals surface area contributed by atoms with Gasteiger partial charge in [-0.1, -0.05) is 11.6 Å². The maximum atomic E-state index is 12.4. The summed E-state index contributed by atoms with van der Waals surface area (Å²) in [6, 6.07) is 3.34. The van der Waals surface area contributed by atoms with Gasteiger partial charge in [-0.3, -0.25) is 0 Å². The molecule has 0 saturated carbocycles. The largest absolute Gasteiger partial charge is 0.311 e. The molecule has 1 aliphatic rings. The molecule has 0 amide bonds. The molecule has 8 heteroatoms. The van der Waals surface area contributed by atoms with Gasteiger partial charge in [0.2, 0.25) is 0 Å². The molecule has 18 heavy (non-hydrogen) atoms. The monoisotopic (exact) mass is 330 g/mol. The molecule has 104 valence electrons. The first kappa shape index (κ1) is 16.2. The van der Waals surface area contributed by atoms with E-state index in [0.717, 1.165) is 11.3 Å². The number of sulfonamides is 1. The Bertz CT molecular complexity index is 504. The molecular formula is C10H16Cl2N2O2S2. The fourth-order valence-corrected chi connectivity index (χ4v) is 5.21. The predicted molar refractivity (Wildman–Crippen MR) is 77.4 cm³/mol. The van der Waals surface area contributed by atoms with Crippen LogP contribution >= 0.6 is 35.3 Å². The Morgan fingerprint density at radius 2 is 2.11 bits per heavy atom. The molecule has 1 aromatic heterocycles. The molecule has 2 unspecified atom stereocenters. The maximum absolute atomic E-state index is 12.4. The van der Waals surface area contributed by atoms with Crippen molar-refractivity contribution in [3.8, 4) is 0 Å².